The first-order chi connectivity index (χ1) is 59.9. The number of phenolic OH excluding ortho intramolecular Hbond substituents is 4. The number of carbonyl (C=O) groups is 3. The van der Waals surface area contributed by atoms with Crippen LogP contribution < -0.4 is 15.4 Å². The van der Waals surface area contributed by atoms with E-state index >= 15 is 0 Å². The summed E-state index contributed by atoms with van der Waals surface area (Å²) in [6.07, 6.45) is 64.5. The number of carbonyl (C=O) groups excluding carboxylic acids is 3. The summed E-state index contributed by atoms with van der Waals surface area (Å²) in [7, 11) is 5.22. The highest BCUT2D eigenvalue weighted by atomic mass is 35.5. The van der Waals surface area contributed by atoms with Crippen LogP contribution in [0, 0.1) is 62.6 Å². The Morgan fingerprint density at radius 1 is 0.409 bits per heavy atom. The Morgan fingerprint density at radius 3 is 1.02 bits per heavy atom. The average molecular weight is 1780 g/mol. The molecule has 0 aromatic heterocycles. The van der Waals surface area contributed by atoms with Crippen LogP contribution in [0.5, 0.6) is 34.5 Å². The van der Waals surface area contributed by atoms with Crippen LogP contribution in [-0.4, -0.2) is 86.4 Å². The molecule has 0 radical (unpaired) electrons. The van der Waals surface area contributed by atoms with Crippen molar-refractivity contribution < 1.29 is 64.5 Å². The zero-order chi connectivity index (χ0) is 92.6. The maximum atomic E-state index is 13.0. The number of halogens is 1. The Labute approximate surface area is 774 Å². The number of hydrogen-bond acceptors (Lipinski definition) is 15. The summed E-state index contributed by atoms with van der Waals surface area (Å²) in [4.78, 5) is 38.7. The standard InChI is InChI=1S/C29H44O3.C28H44O3.C27H41NO3.C27H40O3.ClH.H3NO/c1-7-8-9-10-15-29(16-11-12-17-29)22-19-25(31-5)27(26(20-22)32-6)21-13-14-23(24(30)18-21)28(2,3)4;1-6-7-8-9-14-28(15-10-11-16-28)21-18-24(30)26(25(19-21)31-5)20-12-13-22(23(29)17-20)27(2,3)4;1-5-6-7-8-13-27(14-9-10-15-27)20-17-23(29)25(24(30)18-20)19-11-12-21(26(2,3)4)22(16-19)28-31;1-5-6-7-8-13-27(14-9-10-15-27)20-17-23(29)25(24(30)18-20)19-11-12-21(22(28)16-19)26(2,3)4;;1-2/h10,15,19-21,23H,7-9,11-14,16-18H2,1-6H3;9,14,18-20,22,24,26,30H,6-8,10-13,15-17H2,1-5H3;8,13,17-19,21,29-31H,5-7,9-12,14-16H2,1-4H3;8,13,17-19,21,29-30H,5-7,9-12,14-16H2,1-4H3;1H;2H,1H2/b15-10-;14-9-;13-8-,28-22?;13-8-;;/t21-,23-;20-,22-,24?,26?;2*19-,21-;;/m0000../s1. The first kappa shape index (κ1) is 107. The minimum absolute atomic E-state index is 0. The fourth-order valence-corrected chi connectivity index (χ4v) is 23.8. The first-order valence-electron chi connectivity index (χ1n) is 49.7. The Hall–Kier alpha value is -6.65. The summed E-state index contributed by atoms with van der Waals surface area (Å²) in [5, 5.41) is 74.9. The van der Waals surface area contributed by atoms with E-state index in [1.807, 2.05) is 24.3 Å². The van der Waals surface area contributed by atoms with Crippen LogP contribution in [-0.2, 0) is 35.4 Å². The van der Waals surface area contributed by atoms with Gasteiger partial charge in [0.25, 0.3) is 0 Å². The van der Waals surface area contributed by atoms with Gasteiger partial charge in [-0.15, -0.1) is 12.4 Å². The monoisotopic (exact) mass is 1780 g/mol. The van der Waals surface area contributed by atoms with Gasteiger partial charge in [0.2, 0.25) is 0 Å². The van der Waals surface area contributed by atoms with E-state index in [0.717, 1.165) is 155 Å². The summed E-state index contributed by atoms with van der Waals surface area (Å²) >= 11 is 0. The zero-order valence-electron chi connectivity index (χ0n) is 82.3. The molecular weight excluding hydrogens is 1600 g/mol. The maximum absolute atomic E-state index is 13.0. The van der Waals surface area contributed by atoms with Gasteiger partial charge in [0.1, 0.15) is 57.6 Å². The van der Waals surface area contributed by atoms with Crippen molar-refractivity contribution in [2.75, 3.05) is 21.3 Å². The normalized spacial score (nSPS) is 25.7. The summed E-state index contributed by atoms with van der Waals surface area (Å²) in [5.74, 6) is 8.45. The molecule has 9 aliphatic rings. The lowest BCUT2D eigenvalue weighted by atomic mass is 9.64. The average Bonchev–Trinajstić information content (AvgIpc) is 1.61. The Balaban J connectivity index is 0.000000230. The Bertz CT molecular complexity index is 4130. The molecule has 12 rings (SSSR count). The van der Waals surface area contributed by atoms with Gasteiger partial charge in [-0.05, 0) is 245 Å². The quantitative estimate of drug-likeness (QED) is 0.0153. The number of ketones is 3. The van der Waals surface area contributed by atoms with Crippen molar-refractivity contribution in [1.82, 2.24) is 0 Å². The second kappa shape index (κ2) is 48.7. The molecular formula is C111H173ClN2O13. The highest BCUT2D eigenvalue weighted by Gasteiger charge is 2.48. The molecule has 0 saturated heterocycles. The molecule has 2 unspecified atom stereocenters. The van der Waals surface area contributed by atoms with E-state index in [-0.39, 0.29) is 138 Å². The molecule has 127 heavy (non-hydrogen) atoms. The van der Waals surface area contributed by atoms with Gasteiger partial charge < -0.3 is 50.2 Å². The van der Waals surface area contributed by atoms with Crippen molar-refractivity contribution in [3.8, 4) is 34.5 Å². The summed E-state index contributed by atoms with van der Waals surface area (Å²) in [6.45, 7) is 34.8. The number of aliphatic hydroxyl groups is 1. The minimum Gasteiger partial charge on any atom is -0.508 e. The molecule has 8 saturated carbocycles. The van der Waals surface area contributed by atoms with Crippen LogP contribution in [0.25, 0.3) is 0 Å². The second-order valence-corrected chi connectivity index (χ2v) is 43.8. The van der Waals surface area contributed by atoms with Crippen LogP contribution >= 0.6 is 12.4 Å². The lowest BCUT2D eigenvalue weighted by Crippen LogP contribution is -2.40. The second-order valence-electron chi connectivity index (χ2n) is 43.8. The van der Waals surface area contributed by atoms with E-state index in [1.54, 1.807) is 21.3 Å². The lowest BCUT2D eigenvalue weighted by molar-refractivity contribution is -0.131. The van der Waals surface area contributed by atoms with E-state index < -0.39 is 6.10 Å². The molecule has 3 aromatic carbocycles. The molecule has 0 bridgehead atoms. The fraction of sp³-hybridized carbons (Fsp3) is 0.694. The molecule has 9 aliphatic carbocycles. The van der Waals surface area contributed by atoms with Crippen molar-refractivity contribution in [2.45, 2.75) is 408 Å². The molecule has 712 valence electrons. The van der Waals surface area contributed by atoms with Gasteiger partial charge >= 0.3 is 0 Å². The number of ether oxygens (including phenoxy) is 3. The summed E-state index contributed by atoms with van der Waals surface area (Å²) in [6, 6.07) is 12.0. The number of benzene rings is 3. The molecule has 9 N–H and O–H groups in total. The number of rotatable bonds is 27. The highest BCUT2D eigenvalue weighted by Crippen LogP contribution is 2.57. The predicted molar refractivity (Wildman–Crippen MR) is 524 cm³/mol. The Kier molecular flexibility index (Phi) is 41.1. The number of Topliss-reactive ketones (excluding diaryl/α,β-unsaturated/α-hetero) is 3. The molecule has 0 heterocycles. The number of unbranched alkanes of at least 4 members (excludes halogenated alkanes) is 8. The largest absolute Gasteiger partial charge is 0.508 e. The number of nitrogens with two attached hydrogens (primary N) is 1. The molecule has 0 aliphatic heterocycles. The fourth-order valence-electron chi connectivity index (χ4n) is 23.8. The van der Waals surface area contributed by atoms with Gasteiger partial charge in [-0.2, -0.15) is 0 Å². The zero-order valence-corrected chi connectivity index (χ0v) is 83.1. The van der Waals surface area contributed by atoms with Gasteiger partial charge in [-0.25, -0.2) is 5.90 Å². The van der Waals surface area contributed by atoms with Gasteiger partial charge in [0.05, 0.1) is 33.1 Å². The third-order valence-electron chi connectivity index (χ3n) is 31.0. The predicted octanol–water partition coefficient (Wildman–Crippen LogP) is 28.9. The van der Waals surface area contributed by atoms with Gasteiger partial charge in [0, 0.05) is 87.2 Å². The van der Waals surface area contributed by atoms with Gasteiger partial charge in [-0.1, -0.05) is 273 Å². The number of nitrogens with zero attached hydrogens (tertiary/aromatic N) is 1. The first-order valence-corrected chi connectivity index (χ1v) is 49.7. The van der Waals surface area contributed by atoms with E-state index in [9.17, 15) is 45.1 Å². The number of phenols is 4. The SMILES string of the molecule is CCCC/C=C\C1(C2=CC(O)C([C@H]3CC[C@H](C(C)(C)C)C(=O)C3)C(OC)=C2)CCCC1.CCCC/C=C\C1(c2cc(O)c([C@H]3CC[C@H](C(C)(C)C)C(=NO)C3)c(O)c2)CCCC1.CCCC/C=C\C1(c2cc(O)c([C@H]3CC[C@H](C(C)(C)C)C(=O)C3)c(O)c2)CCCC1.CCCC/C=C\C1(c2cc(OC)c([C@H]3CC[C@H](C(C)(C)C)C(=O)C3)c(OC)c2)CCCC1.Cl.NO. The molecule has 0 amide bonds. The maximum Gasteiger partial charge on any atom is 0.137 e. The van der Waals surface area contributed by atoms with Crippen LogP contribution in [0.1, 0.15) is 419 Å². The van der Waals surface area contributed by atoms with E-state index in [0.29, 0.717) is 48.4 Å². The van der Waals surface area contributed by atoms with E-state index in [4.69, 9.17) is 19.4 Å². The smallest absolute Gasteiger partial charge is 0.137 e. The van der Waals surface area contributed by atoms with Gasteiger partial charge in [0.15, 0.2) is 0 Å². The molecule has 8 fully saturated rings. The van der Waals surface area contributed by atoms with Crippen molar-refractivity contribution in [3.63, 3.8) is 0 Å². The lowest BCUT2D eigenvalue weighted by Gasteiger charge is -2.41. The summed E-state index contributed by atoms with van der Waals surface area (Å²) < 4.78 is 17.7. The van der Waals surface area contributed by atoms with Crippen molar-refractivity contribution >= 4 is 35.5 Å². The van der Waals surface area contributed by atoms with E-state index in [1.165, 1.54) is 127 Å². The Morgan fingerprint density at radius 2 is 0.709 bits per heavy atom. The number of methoxy groups -OCH3 is 3. The number of oxime groups is 1. The van der Waals surface area contributed by atoms with Crippen LogP contribution in [0.15, 0.2) is 114 Å². The number of allylic oxidation sites excluding steroid dienone is 10. The van der Waals surface area contributed by atoms with Crippen LogP contribution in [0.4, 0.5) is 0 Å². The summed E-state index contributed by atoms with van der Waals surface area (Å²) in [5.41, 5.74) is 7.58. The third-order valence-corrected chi connectivity index (χ3v) is 31.0. The van der Waals surface area contributed by atoms with Gasteiger partial charge in [-0.3, -0.25) is 14.4 Å². The van der Waals surface area contributed by atoms with Crippen molar-refractivity contribution in [3.05, 3.63) is 142 Å². The minimum atomic E-state index is -0.583. The number of hydrogen-bond donors (Lipinski definition) is 8. The van der Waals surface area contributed by atoms with E-state index in [2.05, 4.69) is 195 Å². The highest BCUT2D eigenvalue weighted by molar-refractivity contribution is 5.89. The van der Waals surface area contributed by atoms with Crippen molar-refractivity contribution in [2.24, 2.45) is 73.6 Å². The van der Waals surface area contributed by atoms with Crippen molar-refractivity contribution in [1.29, 1.82) is 0 Å². The molecule has 3 aromatic rings. The molecule has 10 atom stereocenters. The topological polar surface area (TPSA) is 259 Å². The molecule has 15 nitrogen and oxygen atoms in total. The molecule has 0 spiro atoms. The van der Waals surface area contributed by atoms with Crippen LogP contribution in [0.2, 0.25) is 0 Å². The van der Waals surface area contributed by atoms with Crippen LogP contribution in [0.3, 0.4) is 0 Å². The number of aliphatic hydroxyl groups excluding tert-OH is 1. The third kappa shape index (κ3) is 27.3. The number of aromatic hydroxyl groups is 4. The molecule has 16 heteroatoms.